The van der Waals surface area contributed by atoms with Crippen LogP contribution in [0.5, 0.6) is 0 Å². The molecule has 3 heterocycles. The summed E-state index contributed by atoms with van der Waals surface area (Å²) in [6, 6.07) is 5.55. The largest absolute Gasteiger partial charge is 0.378 e. The second-order valence-electron chi connectivity index (χ2n) is 8.47. The van der Waals surface area contributed by atoms with Gasteiger partial charge in [0.05, 0.1) is 17.6 Å². The number of nitrogens with one attached hydrogen (secondary N) is 2. The molecule has 1 aliphatic heterocycles. The summed E-state index contributed by atoms with van der Waals surface area (Å²) in [6.45, 7) is 2.91. The molecule has 5 N–H and O–H groups in total. The van der Waals surface area contributed by atoms with Crippen LogP contribution in [0, 0.1) is 18.8 Å². The number of rotatable bonds is 9. The summed E-state index contributed by atoms with van der Waals surface area (Å²) in [5.74, 6) is 0.0342. The fraction of sp³-hybridized carbons (Fsp3) is 0.571. The van der Waals surface area contributed by atoms with Crippen LogP contribution >= 0.6 is 22.7 Å². The average Bonchev–Trinajstić information content (AvgIpc) is 3.35. The summed E-state index contributed by atoms with van der Waals surface area (Å²) in [6.07, 6.45) is 1.67. The first-order valence-electron chi connectivity index (χ1n) is 10.9. The Morgan fingerprint density at radius 1 is 1.31 bits per heavy atom. The van der Waals surface area contributed by atoms with E-state index in [0.717, 1.165) is 17.7 Å². The van der Waals surface area contributed by atoms with E-state index in [1.54, 1.807) is 24.3 Å². The van der Waals surface area contributed by atoms with Crippen molar-refractivity contribution in [3.63, 3.8) is 0 Å². The molecule has 1 amide bonds. The van der Waals surface area contributed by atoms with Crippen LogP contribution in [0.4, 0.5) is 0 Å². The molecule has 0 spiro atoms. The van der Waals surface area contributed by atoms with E-state index in [1.807, 2.05) is 17.5 Å². The summed E-state index contributed by atoms with van der Waals surface area (Å²) in [5, 5.41) is 18.0. The lowest BCUT2D eigenvalue weighted by atomic mass is 9.97. The van der Waals surface area contributed by atoms with Crippen molar-refractivity contribution in [3.05, 3.63) is 38.2 Å². The summed E-state index contributed by atoms with van der Waals surface area (Å²) < 4.78 is 28.0. The summed E-state index contributed by atoms with van der Waals surface area (Å²) in [4.78, 5) is 15.2. The quantitative estimate of drug-likeness (QED) is 0.393. The first-order valence-corrected chi connectivity index (χ1v) is 14.0. The molecular formula is C21H30N4O4S3. The maximum Gasteiger partial charge on any atom is 0.244 e. The number of piperidine rings is 1. The molecule has 1 aliphatic carbocycles. The fourth-order valence-corrected chi connectivity index (χ4v) is 7.59. The highest BCUT2D eigenvalue weighted by Gasteiger charge is 2.35. The molecule has 2 unspecified atom stereocenters. The number of nitrogens with zero attached hydrogens (tertiary/aromatic N) is 1. The molecule has 11 heteroatoms. The zero-order chi connectivity index (χ0) is 22.9. The Hall–Kier alpha value is -1.34. The number of thiophene rings is 2. The number of aliphatic hydroxyl groups is 1. The molecule has 2 aromatic rings. The van der Waals surface area contributed by atoms with Crippen molar-refractivity contribution in [1.29, 1.82) is 0 Å². The van der Waals surface area contributed by atoms with Crippen LogP contribution in [0.25, 0.3) is 0 Å². The van der Waals surface area contributed by atoms with Crippen molar-refractivity contribution < 1.29 is 18.3 Å². The molecule has 0 radical (unpaired) electrons. The number of carbonyl (C=O) groups is 1. The highest BCUT2D eigenvalue weighted by molar-refractivity contribution is 7.89. The van der Waals surface area contributed by atoms with E-state index in [-0.39, 0.29) is 22.6 Å². The van der Waals surface area contributed by atoms with E-state index >= 15 is 0 Å². The Balaban J connectivity index is 1.34. The predicted octanol–water partition coefficient (Wildman–Crippen LogP) is 2.11. The first kappa shape index (κ1) is 23.8. The molecule has 1 saturated carbocycles. The van der Waals surface area contributed by atoms with Crippen LogP contribution in [-0.2, 0) is 21.4 Å². The van der Waals surface area contributed by atoms with Crippen molar-refractivity contribution in [3.8, 4) is 0 Å². The highest BCUT2D eigenvalue weighted by Crippen LogP contribution is 2.35. The smallest absolute Gasteiger partial charge is 0.244 e. The van der Waals surface area contributed by atoms with Crippen LogP contribution < -0.4 is 16.4 Å². The lowest BCUT2D eigenvalue weighted by molar-refractivity contribution is -0.126. The minimum absolute atomic E-state index is 0.0179. The third kappa shape index (κ3) is 5.41. The fourth-order valence-electron chi connectivity index (χ4n) is 3.94. The van der Waals surface area contributed by atoms with Gasteiger partial charge in [0.2, 0.25) is 15.9 Å². The van der Waals surface area contributed by atoms with Gasteiger partial charge in [0, 0.05) is 33.6 Å². The second kappa shape index (κ2) is 9.88. The Kier molecular flexibility index (Phi) is 7.35. The van der Waals surface area contributed by atoms with Crippen molar-refractivity contribution in [2.75, 3.05) is 13.1 Å². The van der Waals surface area contributed by atoms with E-state index in [0.29, 0.717) is 42.2 Å². The molecule has 1 saturated heterocycles. The number of aliphatic hydroxyl groups excluding tert-OH is 1. The monoisotopic (exact) mass is 498 g/mol. The van der Waals surface area contributed by atoms with E-state index in [4.69, 9.17) is 5.73 Å². The van der Waals surface area contributed by atoms with E-state index in [9.17, 15) is 18.3 Å². The Morgan fingerprint density at radius 2 is 2.03 bits per heavy atom. The third-order valence-corrected chi connectivity index (χ3v) is 10.2. The van der Waals surface area contributed by atoms with Crippen LogP contribution in [0.15, 0.2) is 28.5 Å². The molecular weight excluding hydrogens is 468 g/mol. The zero-order valence-electron chi connectivity index (χ0n) is 18.0. The predicted molar refractivity (Wildman–Crippen MR) is 125 cm³/mol. The number of hydrogen-bond donors (Lipinski definition) is 4. The SMILES string of the molecule is Cc1sc(C(N)NC(O)C2CC2)cc1S(=O)(=O)N1CCC(C(=O)NCc2cccs2)CC1. The summed E-state index contributed by atoms with van der Waals surface area (Å²) in [7, 11) is -3.67. The second-order valence-corrected chi connectivity index (χ2v) is 12.7. The molecule has 32 heavy (non-hydrogen) atoms. The highest BCUT2D eigenvalue weighted by atomic mass is 32.2. The molecule has 2 atom stereocenters. The minimum atomic E-state index is -3.67. The van der Waals surface area contributed by atoms with Gasteiger partial charge >= 0.3 is 0 Å². The number of carbonyl (C=O) groups excluding carboxylic acids is 1. The minimum Gasteiger partial charge on any atom is -0.378 e. The molecule has 4 rings (SSSR count). The van der Waals surface area contributed by atoms with Gasteiger partial charge in [-0.05, 0) is 56.0 Å². The van der Waals surface area contributed by atoms with Crippen LogP contribution in [0.3, 0.4) is 0 Å². The van der Waals surface area contributed by atoms with Crippen LogP contribution in [-0.4, -0.2) is 43.1 Å². The lowest BCUT2D eigenvalue weighted by Gasteiger charge is -2.30. The van der Waals surface area contributed by atoms with Gasteiger partial charge in [0.25, 0.3) is 0 Å². The van der Waals surface area contributed by atoms with E-state index < -0.39 is 22.4 Å². The van der Waals surface area contributed by atoms with E-state index in [2.05, 4.69) is 10.6 Å². The lowest BCUT2D eigenvalue weighted by Crippen LogP contribution is -2.42. The van der Waals surface area contributed by atoms with Gasteiger partial charge in [0.1, 0.15) is 6.23 Å². The molecule has 0 aromatic carbocycles. The first-order chi connectivity index (χ1) is 15.3. The van der Waals surface area contributed by atoms with Crippen molar-refractivity contribution >= 4 is 38.6 Å². The zero-order valence-corrected chi connectivity index (χ0v) is 20.4. The van der Waals surface area contributed by atoms with E-state index in [1.165, 1.54) is 15.6 Å². The van der Waals surface area contributed by atoms with Crippen LogP contribution in [0.1, 0.15) is 46.5 Å². The standard InChI is InChI=1S/C21H30N4O4S3/c1-13-18(11-17(31-13)19(22)24-21(27)14-4-5-14)32(28,29)25-8-6-15(7-9-25)20(26)23-12-16-3-2-10-30-16/h2-3,10-11,14-15,19,21,24,27H,4-9,12,22H2,1H3,(H,23,26). The van der Waals surface area contributed by atoms with Crippen molar-refractivity contribution in [2.45, 2.75) is 56.4 Å². The van der Waals surface area contributed by atoms with Gasteiger partial charge in [-0.15, -0.1) is 22.7 Å². The van der Waals surface area contributed by atoms with Gasteiger partial charge in [-0.25, -0.2) is 8.42 Å². The van der Waals surface area contributed by atoms with Gasteiger partial charge in [-0.2, -0.15) is 4.31 Å². The topological polar surface area (TPSA) is 125 Å². The van der Waals surface area contributed by atoms with Gasteiger partial charge in [0.15, 0.2) is 0 Å². The van der Waals surface area contributed by atoms with Crippen molar-refractivity contribution in [1.82, 2.24) is 14.9 Å². The summed E-state index contributed by atoms with van der Waals surface area (Å²) in [5.41, 5.74) is 6.17. The molecule has 8 nitrogen and oxygen atoms in total. The Labute approximate surface area is 196 Å². The molecule has 2 fully saturated rings. The number of sulfonamides is 1. The average molecular weight is 499 g/mol. The number of hydrogen-bond acceptors (Lipinski definition) is 8. The van der Waals surface area contributed by atoms with Gasteiger partial charge in [-0.1, -0.05) is 6.07 Å². The number of nitrogens with two attached hydrogens (primary N) is 1. The van der Waals surface area contributed by atoms with Crippen LogP contribution in [0.2, 0.25) is 0 Å². The van der Waals surface area contributed by atoms with Gasteiger partial charge in [-0.3, -0.25) is 10.1 Å². The maximum absolute atomic E-state index is 13.3. The number of aryl methyl sites for hydroxylation is 1. The molecule has 2 aliphatic rings. The molecule has 0 bridgehead atoms. The Morgan fingerprint density at radius 3 is 2.66 bits per heavy atom. The molecule has 176 valence electrons. The third-order valence-electron chi connectivity index (χ3n) is 6.08. The Bertz CT molecular complexity index is 1030. The van der Waals surface area contributed by atoms with Crippen molar-refractivity contribution in [2.24, 2.45) is 17.6 Å². The summed E-state index contributed by atoms with van der Waals surface area (Å²) >= 11 is 2.93. The number of amides is 1. The normalized spacial score (nSPS) is 20.2. The van der Waals surface area contributed by atoms with Gasteiger partial charge < -0.3 is 16.2 Å². The molecule has 2 aromatic heterocycles. The maximum atomic E-state index is 13.3.